The minimum Gasteiger partial charge on any atom is -0.488 e. The lowest BCUT2D eigenvalue weighted by molar-refractivity contribution is 0.0187. The van der Waals surface area contributed by atoms with E-state index in [0.29, 0.717) is 17.3 Å². The number of hydrogen-bond acceptors (Lipinski definition) is 5. The number of carbonyl (C=O) groups excluding carboxylic acids is 1. The molecule has 0 aromatic carbocycles. The van der Waals surface area contributed by atoms with E-state index in [4.69, 9.17) is 26.3 Å². The number of aromatic nitrogens is 1. The Hall–Kier alpha value is -2.00. The smallest absolute Gasteiger partial charge is 0.410 e. The molecular weight excluding hydrogens is 318 g/mol. The number of ether oxygens (including phenoxy) is 2. The normalized spacial score (nSPS) is 17.7. The number of pyridine rings is 1. The Morgan fingerprint density at radius 1 is 1.57 bits per heavy atom. The molecule has 0 radical (unpaired) electrons. The molecule has 1 aliphatic rings. The van der Waals surface area contributed by atoms with Crippen LogP contribution in [0.4, 0.5) is 4.79 Å². The van der Waals surface area contributed by atoms with Crippen molar-refractivity contribution in [1.82, 2.24) is 9.88 Å². The third-order valence-corrected chi connectivity index (χ3v) is 3.57. The third-order valence-electron chi connectivity index (χ3n) is 3.36. The molecule has 6 nitrogen and oxygen atoms in total. The van der Waals surface area contributed by atoms with Crippen LogP contribution in [0.15, 0.2) is 12.3 Å². The van der Waals surface area contributed by atoms with Crippen LogP contribution in [-0.4, -0.2) is 40.8 Å². The molecule has 2 heterocycles. The number of amides is 1. The summed E-state index contributed by atoms with van der Waals surface area (Å²) in [5.74, 6) is 0.330. The molecular formula is C16H20ClN3O3. The molecule has 1 aromatic heterocycles. The average Bonchev–Trinajstić information content (AvgIpc) is 2.92. The molecule has 1 atom stereocenters. The van der Waals surface area contributed by atoms with Crippen molar-refractivity contribution in [3.05, 3.63) is 23.0 Å². The highest BCUT2D eigenvalue weighted by molar-refractivity contribution is 6.30. The summed E-state index contributed by atoms with van der Waals surface area (Å²) in [5, 5.41) is 9.45. The Balaban J connectivity index is 2.01. The van der Waals surface area contributed by atoms with Gasteiger partial charge < -0.3 is 14.4 Å². The fraction of sp³-hybridized carbons (Fsp3) is 0.562. The predicted octanol–water partition coefficient (Wildman–Crippen LogP) is 3.38. The maximum Gasteiger partial charge on any atom is 0.410 e. The molecule has 0 aliphatic carbocycles. The van der Waals surface area contributed by atoms with Crippen molar-refractivity contribution in [1.29, 1.82) is 5.26 Å². The van der Waals surface area contributed by atoms with Crippen LogP contribution in [0.25, 0.3) is 0 Å². The van der Waals surface area contributed by atoms with Crippen LogP contribution in [-0.2, 0) is 4.74 Å². The summed E-state index contributed by atoms with van der Waals surface area (Å²) >= 11 is 5.88. The van der Waals surface area contributed by atoms with E-state index in [2.05, 4.69) is 4.98 Å². The Labute approximate surface area is 141 Å². The number of nitrogens with zero attached hydrogens (tertiary/aromatic N) is 3. The van der Waals surface area contributed by atoms with Crippen LogP contribution in [0, 0.1) is 11.3 Å². The second-order valence-corrected chi connectivity index (χ2v) is 6.83. The van der Waals surface area contributed by atoms with Crippen LogP contribution < -0.4 is 4.74 Å². The molecule has 0 N–H and O–H groups in total. The highest BCUT2D eigenvalue weighted by Gasteiger charge is 2.32. The fourth-order valence-electron chi connectivity index (χ4n) is 2.37. The van der Waals surface area contributed by atoms with E-state index in [1.807, 2.05) is 26.8 Å². The van der Waals surface area contributed by atoms with Gasteiger partial charge in [-0.15, -0.1) is 0 Å². The summed E-state index contributed by atoms with van der Waals surface area (Å²) < 4.78 is 11.1. The van der Waals surface area contributed by atoms with Crippen molar-refractivity contribution in [2.75, 3.05) is 13.2 Å². The fourth-order valence-corrected chi connectivity index (χ4v) is 2.52. The van der Waals surface area contributed by atoms with Gasteiger partial charge in [-0.1, -0.05) is 11.6 Å². The lowest BCUT2D eigenvalue weighted by Crippen LogP contribution is -2.42. The van der Waals surface area contributed by atoms with Gasteiger partial charge in [0, 0.05) is 18.8 Å². The van der Waals surface area contributed by atoms with E-state index in [9.17, 15) is 4.79 Å². The molecule has 1 unspecified atom stereocenters. The minimum absolute atomic E-state index is 0.0876. The van der Waals surface area contributed by atoms with Gasteiger partial charge in [-0.05, 0) is 33.6 Å². The molecule has 7 heteroatoms. The number of carbonyl (C=O) groups is 1. The Bertz CT molecular complexity index is 622. The van der Waals surface area contributed by atoms with Crippen LogP contribution >= 0.6 is 11.6 Å². The Morgan fingerprint density at radius 2 is 2.30 bits per heavy atom. The first-order valence-electron chi connectivity index (χ1n) is 7.48. The van der Waals surface area contributed by atoms with Gasteiger partial charge in [0.1, 0.15) is 18.3 Å². The Morgan fingerprint density at radius 3 is 2.96 bits per heavy atom. The summed E-state index contributed by atoms with van der Waals surface area (Å²) in [6.07, 6.45) is 2.78. The number of hydrogen-bond donors (Lipinski definition) is 0. The van der Waals surface area contributed by atoms with Gasteiger partial charge in [0.25, 0.3) is 0 Å². The number of halogens is 1. The van der Waals surface area contributed by atoms with E-state index in [0.717, 1.165) is 12.8 Å². The molecule has 0 saturated carbocycles. The second kappa shape index (κ2) is 7.05. The first-order chi connectivity index (χ1) is 10.8. The molecule has 1 aliphatic heterocycles. The van der Waals surface area contributed by atoms with Crippen LogP contribution in [0.5, 0.6) is 5.75 Å². The van der Waals surface area contributed by atoms with Crippen LogP contribution in [0.2, 0.25) is 5.02 Å². The average molecular weight is 338 g/mol. The van der Waals surface area contributed by atoms with Gasteiger partial charge in [0.05, 0.1) is 11.1 Å². The zero-order valence-corrected chi connectivity index (χ0v) is 14.3. The van der Waals surface area contributed by atoms with Crippen molar-refractivity contribution >= 4 is 17.7 Å². The first-order valence-corrected chi connectivity index (χ1v) is 7.86. The van der Waals surface area contributed by atoms with E-state index in [1.165, 1.54) is 6.20 Å². The van der Waals surface area contributed by atoms with Crippen LogP contribution in [0.1, 0.15) is 39.3 Å². The summed E-state index contributed by atoms with van der Waals surface area (Å²) in [6.45, 7) is 6.42. The number of likely N-dealkylation sites (tertiary alicyclic amines) is 1. The molecule has 0 spiro atoms. The van der Waals surface area contributed by atoms with Crippen LogP contribution in [0.3, 0.4) is 0 Å². The lowest BCUT2D eigenvalue weighted by atomic mass is 10.2. The van der Waals surface area contributed by atoms with Gasteiger partial charge >= 0.3 is 6.09 Å². The zero-order chi connectivity index (χ0) is 17.0. The number of rotatable bonds is 3. The number of nitriles is 1. The molecule has 1 aromatic rings. The van der Waals surface area contributed by atoms with Gasteiger partial charge in [-0.2, -0.15) is 5.26 Å². The molecule has 124 valence electrons. The molecule has 2 rings (SSSR count). The van der Waals surface area contributed by atoms with E-state index >= 15 is 0 Å². The maximum absolute atomic E-state index is 12.2. The van der Waals surface area contributed by atoms with Crippen molar-refractivity contribution in [3.8, 4) is 11.8 Å². The highest BCUT2D eigenvalue weighted by Crippen LogP contribution is 2.24. The first kappa shape index (κ1) is 17.4. The molecule has 23 heavy (non-hydrogen) atoms. The van der Waals surface area contributed by atoms with Crippen molar-refractivity contribution in [3.63, 3.8) is 0 Å². The molecule has 1 amide bonds. The second-order valence-electron chi connectivity index (χ2n) is 6.39. The van der Waals surface area contributed by atoms with Crippen molar-refractivity contribution in [2.24, 2.45) is 0 Å². The monoisotopic (exact) mass is 337 g/mol. The van der Waals surface area contributed by atoms with E-state index < -0.39 is 5.60 Å². The lowest BCUT2D eigenvalue weighted by Gasteiger charge is -2.28. The predicted molar refractivity (Wildman–Crippen MR) is 85.4 cm³/mol. The summed E-state index contributed by atoms with van der Waals surface area (Å²) in [6, 6.07) is 3.43. The van der Waals surface area contributed by atoms with E-state index in [1.54, 1.807) is 11.0 Å². The largest absolute Gasteiger partial charge is 0.488 e. The van der Waals surface area contributed by atoms with Gasteiger partial charge in [-0.25, -0.2) is 9.78 Å². The minimum atomic E-state index is -0.532. The SMILES string of the molecule is CC(C)(C)OC(=O)N1CCCC1COc1cc(Cl)cnc1C#N. The Kier molecular flexibility index (Phi) is 5.32. The van der Waals surface area contributed by atoms with Crippen molar-refractivity contribution in [2.45, 2.75) is 45.3 Å². The van der Waals surface area contributed by atoms with Gasteiger partial charge in [0.15, 0.2) is 11.4 Å². The zero-order valence-electron chi connectivity index (χ0n) is 13.5. The third kappa shape index (κ3) is 4.73. The molecule has 0 bridgehead atoms. The van der Waals surface area contributed by atoms with E-state index in [-0.39, 0.29) is 24.4 Å². The molecule has 1 saturated heterocycles. The topological polar surface area (TPSA) is 75.4 Å². The van der Waals surface area contributed by atoms with Gasteiger partial charge in [0.2, 0.25) is 0 Å². The highest BCUT2D eigenvalue weighted by atomic mass is 35.5. The quantitative estimate of drug-likeness (QED) is 0.845. The summed E-state index contributed by atoms with van der Waals surface area (Å²) in [7, 11) is 0. The van der Waals surface area contributed by atoms with Gasteiger partial charge in [-0.3, -0.25) is 0 Å². The maximum atomic E-state index is 12.2. The standard InChI is InChI=1S/C16H20ClN3O3/c1-16(2,3)23-15(21)20-6-4-5-12(20)10-22-14-7-11(17)9-19-13(14)8-18/h7,9,12H,4-6,10H2,1-3H3. The summed E-state index contributed by atoms with van der Waals surface area (Å²) in [5.41, 5.74) is -0.355. The molecule has 1 fully saturated rings. The summed E-state index contributed by atoms with van der Waals surface area (Å²) in [4.78, 5) is 17.8. The van der Waals surface area contributed by atoms with Crippen molar-refractivity contribution < 1.29 is 14.3 Å².